The zero-order chi connectivity index (χ0) is 21.4. The number of hydrogen-bond donors (Lipinski definition) is 1. The predicted octanol–water partition coefficient (Wildman–Crippen LogP) is 5.71. The number of nitrogens with one attached hydrogen (secondary N) is 1. The summed E-state index contributed by atoms with van der Waals surface area (Å²) in [6.45, 7) is 2.78. The van der Waals surface area contributed by atoms with E-state index in [0.717, 1.165) is 4.47 Å². The molecule has 28 heavy (non-hydrogen) atoms. The average molecular weight is 540 g/mol. The Labute approximate surface area is 187 Å². The molecule has 0 aliphatic rings. The van der Waals surface area contributed by atoms with Crippen LogP contribution in [-0.2, 0) is 18.3 Å². The van der Waals surface area contributed by atoms with Crippen molar-refractivity contribution in [3.63, 3.8) is 0 Å². The van der Waals surface area contributed by atoms with Gasteiger partial charge in [0.05, 0.1) is 13.2 Å². The van der Waals surface area contributed by atoms with Crippen molar-refractivity contribution < 1.29 is 27.9 Å². The lowest BCUT2D eigenvalue weighted by Crippen LogP contribution is -2.39. The van der Waals surface area contributed by atoms with Gasteiger partial charge in [0, 0.05) is 16.5 Å². The number of benzene rings is 1. The van der Waals surface area contributed by atoms with Crippen LogP contribution in [-0.4, -0.2) is 41.3 Å². The van der Waals surface area contributed by atoms with E-state index in [0.29, 0.717) is 5.56 Å². The minimum atomic E-state index is -3.87. The lowest BCUT2D eigenvalue weighted by atomic mass is 10.1. The van der Waals surface area contributed by atoms with Gasteiger partial charge in [-0.25, -0.2) is 4.79 Å². The quantitative estimate of drug-likeness (QED) is 0.233. The van der Waals surface area contributed by atoms with Crippen molar-refractivity contribution in [2.45, 2.75) is 29.8 Å². The lowest BCUT2D eigenvalue weighted by Gasteiger charge is -2.26. The Balaban J connectivity index is 3.02. The van der Waals surface area contributed by atoms with Crippen LogP contribution in [0.1, 0.15) is 30.6 Å². The molecule has 1 atom stereocenters. The number of alkyl carbamates (subject to hydrolysis) is 1. The van der Waals surface area contributed by atoms with Gasteiger partial charge in [-0.2, -0.15) is 0 Å². The molecule has 0 bridgehead atoms. The lowest BCUT2D eigenvalue weighted by molar-refractivity contribution is 0.0965. The fourth-order valence-corrected chi connectivity index (χ4v) is 4.31. The van der Waals surface area contributed by atoms with Crippen LogP contribution in [0, 0.1) is 0 Å². The van der Waals surface area contributed by atoms with Gasteiger partial charge < -0.3 is 19.1 Å². The number of rotatable bonds is 10. The highest BCUT2D eigenvalue weighted by atomic mass is 79.9. The molecule has 0 heterocycles. The first-order chi connectivity index (χ1) is 13.0. The van der Waals surface area contributed by atoms with Gasteiger partial charge in [0.2, 0.25) is 3.79 Å². The Hall–Kier alpha value is -0.340. The molecule has 0 fully saturated rings. The van der Waals surface area contributed by atoms with Crippen LogP contribution in [0.25, 0.3) is 0 Å². The van der Waals surface area contributed by atoms with E-state index < -0.39 is 29.9 Å². The third-order valence-electron chi connectivity index (χ3n) is 3.20. The van der Waals surface area contributed by atoms with E-state index >= 15 is 0 Å². The van der Waals surface area contributed by atoms with Crippen LogP contribution < -0.4 is 5.32 Å². The number of ether oxygens (including phenoxy) is 1. The van der Waals surface area contributed by atoms with Crippen LogP contribution in [0.5, 0.6) is 0 Å². The molecule has 1 N–H and O–H groups in total. The maximum Gasteiger partial charge on any atom is 0.408 e. The monoisotopic (exact) mass is 537 g/mol. The first-order valence-electron chi connectivity index (χ1n) is 8.18. The van der Waals surface area contributed by atoms with Crippen molar-refractivity contribution in [3.05, 3.63) is 34.3 Å². The zero-order valence-electron chi connectivity index (χ0n) is 15.1. The standard InChI is InChI=1S/C16H20BrCl3NO6P/c1-3-26-28(24,27-4-2)14(21-15(23)25-10-16(18,19)20)9-13(22)11-5-7-12(17)8-6-11/h5-8,14H,3-4,9-10H2,1-2H3,(H,21,23). The van der Waals surface area contributed by atoms with Gasteiger partial charge >= 0.3 is 13.7 Å². The van der Waals surface area contributed by atoms with E-state index in [4.69, 9.17) is 48.6 Å². The number of alkyl halides is 3. The molecular formula is C16H20BrCl3NO6P. The SMILES string of the molecule is CCOP(=O)(OCC)C(CC(=O)c1ccc(Br)cc1)NC(=O)OCC(Cl)(Cl)Cl. The molecule has 158 valence electrons. The fourth-order valence-electron chi connectivity index (χ4n) is 2.07. The van der Waals surface area contributed by atoms with Crippen molar-refractivity contribution in [1.82, 2.24) is 5.32 Å². The molecule has 12 heteroatoms. The summed E-state index contributed by atoms with van der Waals surface area (Å²) in [5, 5.41) is 2.33. The molecule has 0 radical (unpaired) electrons. The maximum atomic E-state index is 13.1. The normalized spacial score (nSPS) is 13.1. The number of carbonyl (C=O) groups is 2. The summed E-state index contributed by atoms with van der Waals surface area (Å²) >= 11 is 19.9. The first-order valence-corrected chi connectivity index (χ1v) is 11.7. The maximum absolute atomic E-state index is 13.1. The number of ketones is 1. The summed E-state index contributed by atoms with van der Waals surface area (Å²) < 4.78 is 27.4. The van der Waals surface area contributed by atoms with Crippen molar-refractivity contribution >= 4 is 70.2 Å². The van der Waals surface area contributed by atoms with Crippen molar-refractivity contribution in [2.75, 3.05) is 19.8 Å². The number of halogens is 4. The van der Waals surface area contributed by atoms with Crippen LogP contribution in [0.3, 0.4) is 0 Å². The van der Waals surface area contributed by atoms with E-state index in [1.807, 2.05) is 0 Å². The third-order valence-corrected chi connectivity index (χ3v) is 6.36. The summed E-state index contributed by atoms with van der Waals surface area (Å²) in [7, 11) is -3.87. The summed E-state index contributed by atoms with van der Waals surface area (Å²) in [6, 6.07) is 6.57. The highest BCUT2D eigenvalue weighted by Crippen LogP contribution is 2.53. The molecule has 0 saturated carbocycles. The first kappa shape index (κ1) is 25.7. The molecule has 7 nitrogen and oxygen atoms in total. The second-order valence-corrected chi connectivity index (χ2v) is 11.0. The van der Waals surface area contributed by atoms with Gasteiger partial charge in [-0.1, -0.05) is 62.9 Å². The van der Waals surface area contributed by atoms with E-state index in [2.05, 4.69) is 21.2 Å². The number of carbonyl (C=O) groups excluding carboxylic acids is 2. The molecule has 1 aromatic rings. The van der Waals surface area contributed by atoms with Gasteiger partial charge in [-0.05, 0) is 26.0 Å². The summed E-state index contributed by atoms with van der Waals surface area (Å²) in [4.78, 5) is 24.7. The van der Waals surface area contributed by atoms with Crippen molar-refractivity contribution in [2.24, 2.45) is 0 Å². The molecule has 1 amide bonds. The van der Waals surface area contributed by atoms with Crippen LogP contribution in [0.15, 0.2) is 28.7 Å². The largest absolute Gasteiger partial charge is 0.445 e. The molecule has 0 saturated heterocycles. The van der Waals surface area contributed by atoms with Gasteiger partial charge in [0.1, 0.15) is 12.4 Å². The topological polar surface area (TPSA) is 90.9 Å². The van der Waals surface area contributed by atoms with Crippen LogP contribution >= 0.6 is 58.3 Å². The molecule has 1 aromatic carbocycles. The molecule has 0 aliphatic heterocycles. The fraction of sp³-hybridized carbons (Fsp3) is 0.500. The van der Waals surface area contributed by atoms with Crippen molar-refractivity contribution in [3.8, 4) is 0 Å². The Bertz CT molecular complexity index is 703. The van der Waals surface area contributed by atoms with Crippen molar-refractivity contribution in [1.29, 1.82) is 0 Å². The Kier molecular flexibility index (Phi) is 10.8. The summed E-state index contributed by atoms with van der Waals surface area (Å²) in [5.74, 6) is -1.66. The Morgan fingerprint density at radius 2 is 1.68 bits per heavy atom. The third kappa shape index (κ3) is 8.99. The highest BCUT2D eigenvalue weighted by Gasteiger charge is 2.39. The van der Waals surface area contributed by atoms with Crippen LogP contribution in [0.2, 0.25) is 0 Å². The van der Waals surface area contributed by atoms with E-state index in [-0.39, 0.29) is 25.4 Å². The highest BCUT2D eigenvalue weighted by molar-refractivity contribution is 9.10. The van der Waals surface area contributed by atoms with Crippen LogP contribution in [0.4, 0.5) is 4.79 Å². The average Bonchev–Trinajstić information content (AvgIpc) is 2.59. The summed E-state index contributed by atoms with van der Waals surface area (Å²) in [6.07, 6.45) is -1.37. The molecule has 1 unspecified atom stereocenters. The minimum absolute atomic E-state index is 0.0468. The Morgan fingerprint density at radius 3 is 2.14 bits per heavy atom. The van der Waals surface area contributed by atoms with E-state index in [1.54, 1.807) is 38.1 Å². The molecule has 1 rings (SSSR count). The number of amides is 1. The smallest absolute Gasteiger partial charge is 0.408 e. The van der Waals surface area contributed by atoms with Gasteiger partial charge in [0.15, 0.2) is 5.78 Å². The van der Waals surface area contributed by atoms with E-state index in [1.165, 1.54) is 0 Å². The van der Waals surface area contributed by atoms with Gasteiger partial charge in [-0.3, -0.25) is 9.36 Å². The second kappa shape index (κ2) is 11.7. The molecule has 0 aromatic heterocycles. The number of hydrogen-bond acceptors (Lipinski definition) is 6. The summed E-state index contributed by atoms with van der Waals surface area (Å²) in [5.41, 5.74) is 0.365. The zero-order valence-corrected chi connectivity index (χ0v) is 19.9. The number of Topliss-reactive ketones (excluding diaryl/α,β-unsaturated/α-hetero) is 1. The Morgan fingerprint density at radius 1 is 1.14 bits per heavy atom. The molecule has 0 aliphatic carbocycles. The minimum Gasteiger partial charge on any atom is -0.445 e. The predicted molar refractivity (Wildman–Crippen MR) is 113 cm³/mol. The van der Waals surface area contributed by atoms with E-state index in [9.17, 15) is 14.2 Å². The molecule has 0 spiro atoms. The second-order valence-electron chi connectivity index (χ2n) is 5.36. The molecular weight excluding hydrogens is 519 g/mol. The van der Waals surface area contributed by atoms with Gasteiger partial charge in [0.25, 0.3) is 0 Å². The van der Waals surface area contributed by atoms with Gasteiger partial charge in [-0.15, -0.1) is 0 Å².